The summed E-state index contributed by atoms with van der Waals surface area (Å²) >= 11 is 0. The van der Waals surface area contributed by atoms with Crippen molar-refractivity contribution in [1.82, 2.24) is 14.9 Å². The Bertz CT molecular complexity index is 809. The summed E-state index contributed by atoms with van der Waals surface area (Å²) in [5.74, 6) is 1.34. The summed E-state index contributed by atoms with van der Waals surface area (Å²) in [5, 5.41) is 3.71. The second-order valence-corrected chi connectivity index (χ2v) is 8.21. The Hall–Kier alpha value is -2.14. The fraction of sp³-hybridized carbons (Fsp3) is 0.524. The number of nitrogen functional groups attached to an aromatic ring is 1. The summed E-state index contributed by atoms with van der Waals surface area (Å²) < 4.78 is 0. The number of piperidine rings is 3. The van der Waals surface area contributed by atoms with Gasteiger partial charge >= 0.3 is 0 Å². The Kier molecular flexibility index (Phi) is 3.85. The Morgan fingerprint density at radius 2 is 1.81 bits per heavy atom. The molecule has 3 fully saturated rings. The molecule has 5 heteroatoms. The van der Waals surface area contributed by atoms with Gasteiger partial charge in [0.25, 0.3) is 0 Å². The molecule has 0 atom stereocenters. The number of hydrogen-bond acceptors (Lipinski definition) is 5. The maximum Gasteiger partial charge on any atom is 0.222 e. The molecule has 1 aliphatic carbocycles. The molecule has 2 bridgehead atoms. The van der Waals surface area contributed by atoms with E-state index in [0.29, 0.717) is 11.4 Å². The summed E-state index contributed by atoms with van der Waals surface area (Å²) in [6.45, 7) is 4.75. The third-order valence-corrected chi connectivity index (χ3v) is 6.68. The van der Waals surface area contributed by atoms with Crippen LogP contribution in [-0.4, -0.2) is 41.0 Å². The lowest BCUT2D eigenvalue weighted by Gasteiger charge is -2.48. The van der Waals surface area contributed by atoms with Gasteiger partial charge in [-0.2, -0.15) is 4.98 Å². The standard InChI is InChI=1S/C21H27N5/c22-20-24-18-16-6-2-1-4-15(16)5-3-7-17(18)19(25-20)23-14-21-8-11-26(12-9-21)13-10-21/h1-2,4,6H,3,5,7-14H2,(H3,22,23,24,25). The molecular weight excluding hydrogens is 322 g/mol. The number of benzene rings is 1. The molecule has 136 valence electrons. The van der Waals surface area contributed by atoms with Gasteiger partial charge in [0.2, 0.25) is 5.95 Å². The van der Waals surface area contributed by atoms with Gasteiger partial charge in [-0.1, -0.05) is 24.3 Å². The maximum atomic E-state index is 6.10. The molecule has 0 spiro atoms. The van der Waals surface area contributed by atoms with E-state index in [0.717, 1.165) is 37.3 Å². The molecule has 1 aromatic carbocycles. The molecule has 3 N–H and O–H groups in total. The number of aromatic nitrogens is 2. The third kappa shape index (κ3) is 2.75. The number of fused-ring (bicyclic) bond motifs is 6. The predicted molar refractivity (Wildman–Crippen MR) is 105 cm³/mol. The average Bonchev–Trinajstić information content (AvgIpc) is 2.87. The van der Waals surface area contributed by atoms with Crippen molar-refractivity contribution in [2.45, 2.75) is 38.5 Å². The van der Waals surface area contributed by atoms with E-state index in [1.165, 1.54) is 55.6 Å². The van der Waals surface area contributed by atoms with Crippen molar-refractivity contribution in [3.63, 3.8) is 0 Å². The molecule has 5 nitrogen and oxygen atoms in total. The van der Waals surface area contributed by atoms with Crippen LogP contribution in [0.15, 0.2) is 24.3 Å². The summed E-state index contributed by atoms with van der Waals surface area (Å²) in [6.07, 6.45) is 7.12. The van der Waals surface area contributed by atoms with Crippen molar-refractivity contribution >= 4 is 11.8 Å². The number of hydrogen-bond donors (Lipinski definition) is 2. The first kappa shape index (κ1) is 16.1. The van der Waals surface area contributed by atoms with Gasteiger partial charge in [-0.05, 0) is 69.1 Å². The number of nitrogens with zero attached hydrogens (tertiary/aromatic N) is 3. The smallest absolute Gasteiger partial charge is 0.222 e. The molecule has 6 rings (SSSR count). The lowest BCUT2D eigenvalue weighted by Crippen LogP contribution is -2.51. The van der Waals surface area contributed by atoms with Crippen LogP contribution < -0.4 is 11.1 Å². The minimum atomic E-state index is 0.374. The quantitative estimate of drug-likeness (QED) is 0.891. The highest BCUT2D eigenvalue weighted by Gasteiger charge is 2.39. The maximum absolute atomic E-state index is 6.10. The number of nitrogens with one attached hydrogen (secondary N) is 1. The fourth-order valence-electron chi connectivity index (χ4n) is 4.96. The van der Waals surface area contributed by atoms with Crippen molar-refractivity contribution in [3.8, 4) is 11.3 Å². The van der Waals surface area contributed by atoms with E-state index in [1.807, 2.05) is 0 Å². The second-order valence-electron chi connectivity index (χ2n) is 8.21. The van der Waals surface area contributed by atoms with E-state index in [-0.39, 0.29) is 0 Å². The van der Waals surface area contributed by atoms with E-state index < -0.39 is 0 Å². The Morgan fingerprint density at radius 1 is 1.04 bits per heavy atom. The third-order valence-electron chi connectivity index (χ3n) is 6.68. The van der Waals surface area contributed by atoms with Crippen LogP contribution >= 0.6 is 0 Å². The molecule has 2 aromatic rings. The first-order valence-electron chi connectivity index (χ1n) is 9.93. The van der Waals surface area contributed by atoms with Gasteiger partial charge in [-0.15, -0.1) is 0 Å². The zero-order valence-corrected chi connectivity index (χ0v) is 15.3. The van der Waals surface area contributed by atoms with Crippen LogP contribution in [0.2, 0.25) is 0 Å². The van der Waals surface area contributed by atoms with Gasteiger partial charge in [-0.3, -0.25) is 0 Å². The minimum absolute atomic E-state index is 0.374. The molecule has 0 radical (unpaired) electrons. The molecule has 26 heavy (non-hydrogen) atoms. The van der Waals surface area contributed by atoms with Gasteiger partial charge < -0.3 is 16.0 Å². The lowest BCUT2D eigenvalue weighted by molar-refractivity contribution is 0.0360. The average molecular weight is 349 g/mol. The van der Waals surface area contributed by atoms with E-state index in [1.54, 1.807) is 0 Å². The van der Waals surface area contributed by atoms with Crippen LogP contribution in [0.5, 0.6) is 0 Å². The van der Waals surface area contributed by atoms with E-state index in [9.17, 15) is 0 Å². The summed E-state index contributed by atoms with van der Waals surface area (Å²) in [4.78, 5) is 11.8. The van der Waals surface area contributed by atoms with Crippen molar-refractivity contribution in [2.24, 2.45) is 5.41 Å². The van der Waals surface area contributed by atoms with Gasteiger partial charge in [0.1, 0.15) is 5.82 Å². The Balaban J connectivity index is 1.48. The zero-order valence-electron chi connectivity index (χ0n) is 15.3. The fourth-order valence-corrected chi connectivity index (χ4v) is 4.96. The van der Waals surface area contributed by atoms with Crippen LogP contribution in [0.4, 0.5) is 11.8 Å². The van der Waals surface area contributed by atoms with Crippen LogP contribution in [-0.2, 0) is 12.8 Å². The largest absolute Gasteiger partial charge is 0.369 e. The van der Waals surface area contributed by atoms with Gasteiger partial charge in [0, 0.05) is 17.7 Å². The van der Waals surface area contributed by atoms with Crippen molar-refractivity contribution < 1.29 is 0 Å². The highest BCUT2D eigenvalue weighted by molar-refractivity contribution is 5.73. The summed E-state index contributed by atoms with van der Waals surface area (Å²) in [7, 11) is 0. The number of nitrogens with two attached hydrogens (primary N) is 1. The van der Waals surface area contributed by atoms with Crippen molar-refractivity contribution in [1.29, 1.82) is 0 Å². The number of anilines is 2. The highest BCUT2D eigenvalue weighted by Crippen LogP contribution is 2.41. The second kappa shape index (κ2) is 6.23. The van der Waals surface area contributed by atoms with Crippen LogP contribution in [0, 0.1) is 5.41 Å². The van der Waals surface area contributed by atoms with Crippen LogP contribution in [0.1, 0.15) is 36.8 Å². The van der Waals surface area contributed by atoms with Crippen LogP contribution in [0.3, 0.4) is 0 Å². The highest BCUT2D eigenvalue weighted by atomic mass is 15.2. The SMILES string of the molecule is Nc1nc(NCC23CCN(CC2)CC3)c2c(n1)-c1ccccc1CCC2. The first-order valence-corrected chi connectivity index (χ1v) is 9.93. The predicted octanol–water partition coefficient (Wildman–Crippen LogP) is 3.11. The topological polar surface area (TPSA) is 67.1 Å². The van der Waals surface area contributed by atoms with Gasteiger partial charge in [0.15, 0.2) is 0 Å². The molecule has 3 saturated heterocycles. The summed E-state index contributed by atoms with van der Waals surface area (Å²) in [5.41, 5.74) is 11.4. The molecule has 0 amide bonds. The van der Waals surface area contributed by atoms with Crippen LogP contribution in [0.25, 0.3) is 11.3 Å². The number of rotatable bonds is 3. The molecule has 4 aliphatic rings. The molecule has 0 saturated carbocycles. The van der Waals surface area contributed by atoms with E-state index in [4.69, 9.17) is 5.73 Å². The van der Waals surface area contributed by atoms with Gasteiger partial charge in [-0.25, -0.2) is 4.98 Å². The Morgan fingerprint density at radius 3 is 2.62 bits per heavy atom. The van der Waals surface area contributed by atoms with E-state index in [2.05, 4.69) is 44.5 Å². The van der Waals surface area contributed by atoms with Crippen molar-refractivity contribution in [3.05, 3.63) is 35.4 Å². The lowest BCUT2D eigenvalue weighted by atomic mass is 9.72. The zero-order chi connectivity index (χ0) is 17.6. The minimum Gasteiger partial charge on any atom is -0.369 e. The normalized spacial score (nSPS) is 26.7. The molecular formula is C21H27N5. The Labute approximate surface area is 155 Å². The summed E-state index contributed by atoms with van der Waals surface area (Å²) in [6, 6.07) is 8.59. The van der Waals surface area contributed by atoms with E-state index >= 15 is 0 Å². The molecule has 3 aliphatic heterocycles. The monoisotopic (exact) mass is 349 g/mol. The molecule has 0 unspecified atom stereocenters. The van der Waals surface area contributed by atoms with Crippen molar-refractivity contribution in [2.75, 3.05) is 37.2 Å². The molecule has 4 heterocycles. The molecule has 1 aromatic heterocycles. The van der Waals surface area contributed by atoms with Gasteiger partial charge in [0.05, 0.1) is 5.69 Å². The first-order chi connectivity index (χ1) is 12.7. The number of aryl methyl sites for hydroxylation is 1.